The molecule has 0 spiro atoms. The van der Waals surface area contributed by atoms with Crippen molar-refractivity contribution >= 4 is 17.9 Å². The number of nitrogens with two attached hydrogens (primary N) is 1. The smallest absolute Gasteiger partial charge is 0.317 e. The van der Waals surface area contributed by atoms with Gasteiger partial charge in [-0.2, -0.15) is 0 Å². The first-order valence-corrected chi connectivity index (χ1v) is 5.55. The molecule has 0 aliphatic rings. The summed E-state index contributed by atoms with van der Waals surface area (Å²) in [6.07, 6.45) is -0.181. The first kappa shape index (κ1) is 16.2. The van der Waals surface area contributed by atoms with Crippen molar-refractivity contribution in [2.75, 3.05) is 13.6 Å². The number of aliphatic carboxylic acids is 1. The Labute approximate surface area is 106 Å². The molecular weight excluding hydrogens is 238 g/mol. The van der Waals surface area contributed by atoms with Gasteiger partial charge in [-0.3, -0.25) is 9.59 Å². The number of nitrogens with zero attached hydrogens (tertiary/aromatic N) is 1. The van der Waals surface area contributed by atoms with Gasteiger partial charge in [-0.05, 0) is 5.41 Å². The van der Waals surface area contributed by atoms with Crippen LogP contribution < -0.4 is 11.1 Å². The third-order valence-electron chi connectivity index (χ3n) is 2.46. The molecule has 0 bridgehead atoms. The molecule has 3 amide bonds. The number of likely N-dealkylation sites (N-methyl/N-ethyl adjacent to an activating group) is 1. The molecule has 7 heteroatoms. The van der Waals surface area contributed by atoms with Gasteiger partial charge < -0.3 is 21.1 Å². The number of hydrogen-bond donors (Lipinski definition) is 3. The Morgan fingerprint density at radius 2 is 1.83 bits per heavy atom. The summed E-state index contributed by atoms with van der Waals surface area (Å²) in [5.41, 5.74) is 4.57. The minimum atomic E-state index is -0.993. The molecule has 0 aromatic rings. The Bertz CT molecular complexity index is 336. The predicted molar refractivity (Wildman–Crippen MR) is 65.9 cm³/mol. The third-order valence-corrected chi connectivity index (χ3v) is 2.46. The molecule has 0 aliphatic heterocycles. The zero-order chi connectivity index (χ0) is 14.5. The lowest BCUT2D eigenvalue weighted by Crippen LogP contribution is -2.50. The molecular formula is C11H21N3O4. The average Bonchev–Trinajstić information content (AvgIpc) is 2.13. The Balaban J connectivity index is 4.63. The molecule has 18 heavy (non-hydrogen) atoms. The molecule has 1 unspecified atom stereocenters. The summed E-state index contributed by atoms with van der Waals surface area (Å²) in [7, 11) is 1.42. The predicted octanol–water partition coefficient (Wildman–Crippen LogP) is 0.00250. The SMILES string of the molecule is CN(CC(N)=O)C(=O)NC(CC(=O)O)C(C)(C)C. The molecule has 0 heterocycles. The standard InChI is InChI=1S/C11H21N3O4/c1-11(2,3)7(5-9(16)17)13-10(18)14(4)6-8(12)15/h7H,5-6H2,1-4H3,(H2,12,15)(H,13,18)(H,16,17). The van der Waals surface area contributed by atoms with E-state index in [0.29, 0.717) is 0 Å². The van der Waals surface area contributed by atoms with E-state index in [9.17, 15) is 14.4 Å². The quantitative estimate of drug-likeness (QED) is 0.645. The van der Waals surface area contributed by atoms with Crippen LogP contribution in [0.25, 0.3) is 0 Å². The van der Waals surface area contributed by atoms with Crippen LogP contribution in [-0.4, -0.2) is 47.5 Å². The van der Waals surface area contributed by atoms with E-state index < -0.39 is 29.4 Å². The molecule has 0 saturated heterocycles. The number of primary amides is 1. The Morgan fingerprint density at radius 1 is 1.33 bits per heavy atom. The maximum Gasteiger partial charge on any atom is 0.317 e. The lowest BCUT2D eigenvalue weighted by atomic mass is 9.85. The number of amides is 3. The van der Waals surface area contributed by atoms with Crippen LogP contribution in [0.1, 0.15) is 27.2 Å². The highest BCUT2D eigenvalue weighted by molar-refractivity contribution is 5.83. The van der Waals surface area contributed by atoms with Crippen LogP contribution in [0.4, 0.5) is 4.79 Å². The van der Waals surface area contributed by atoms with Crippen molar-refractivity contribution in [3.63, 3.8) is 0 Å². The maximum absolute atomic E-state index is 11.7. The maximum atomic E-state index is 11.7. The van der Waals surface area contributed by atoms with Crippen LogP contribution in [-0.2, 0) is 9.59 Å². The summed E-state index contributed by atoms with van der Waals surface area (Å²) in [4.78, 5) is 34.3. The topological polar surface area (TPSA) is 113 Å². The number of carboxylic acid groups (broad SMARTS) is 1. The summed E-state index contributed by atoms with van der Waals surface area (Å²) in [6, 6.07) is -1.05. The van der Waals surface area contributed by atoms with Gasteiger partial charge in [0.15, 0.2) is 0 Å². The molecule has 0 saturated carbocycles. The van der Waals surface area contributed by atoms with Gasteiger partial charge in [-0.15, -0.1) is 0 Å². The molecule has 0 rings (SSSR count). The number of rotatable bonds is 5. The zero-order valence-electron chi connectivity index (χ0n) is 11.2. The Hall–Kier alpha value is -1.79. The highest BCUT2D eigenvalue weighted by Gasteiger charge is 2.29. The van der Waals surface area contributed by atoms with E-state index in [4.69, 9.17) is 10.8 Å². The number of carbonyl (C=O) groups excluding carboxylic acids is 2. The van der Waals surface area contributed by atoms with Crippen molar-refractivity contribution in [3.8, 4) is 0 Å². The van der Waals surface area contributed by atoms with E-state index in [-0.39, 0.29) is 13.0 Å². The first-order valence-electron chi connectivity index (χ1n) is 5.55. The molecule has 0 aromatic heterocycles. The largest absolute Gasteiger partial charge is 0.481 e. The fourth-order valence-electron chi connectivity index (χ4n) is 1.31. The van der Waals surface area contributed by atoms with Gasteiger partial charge in [0.1, 0.15) is 6.54 Å². The minimum Gasteiger partial charge on any atom is -0.481 e. The fourth-order valence-corrected chi connectivity index (χ4v) is 1.31. The second-order valence-electron chi connectivity index (χ2n) is 5.29. The van der Waals surface area contributed by atoms with E-state index in [1.807, 2.05) is 20.8 Å². The summed E-state index contributed by atoms with van der Waals surface area (Å²) in [6.45, 7) is 5.27. The Kier molecular flexibility index (Phi) is 5.61. The molecule has 0 radical (unpaired) electrons. The van der Waals surface area contributed by atoms with Crippen molar-refractivity contribution < 1.29 is 19.5 Å². The number of nitrogens with one attached hydrogen (secondary N) is 1. The molecule has 0 fully saturated rings. The van der Waals surface area contributed by atoms with Crippen molar-refractivity contribution in [1.29, 1.82) is 0 Å². The van der Waals surface area contributed by atoms with E-state index in [2.05, 4.69) is 5.32 Å². The van der Waals surface area contributed by atoms with Crippen LogP contribution in [0, 0.1) is 5.41 Å². The molecule has 4 N–H and O–H groups in total. The van der Waals surface area contributed by atoms with Crippen molar-refractivity contribution in [1.82, 2.24) is 10.2 Å². The molecule has 7 nitrogen and oxygen atoms in total. The summed E-state index contributed by atoms with van der Waals surface area (Å²) in [5.74, 6) is -1.62. The van der Waals surface area contributed by atoms with Gasteiger partial charge >= 0.3 is 12.0 Å². The fraction of sp³-hybridized carbons (Fsp3) is 0.727. The lowest BCUT2D eigenvalue weighted by Gasteiger charge is -2.31. The third kappa shape index (κ3) is 6.07. The average molecular weight is 259 g/mol. The highest BCUT2D eigenvalue weighted by Crippen LogP contribution is 2.22. The van der Waals surface area contributed by atoms with Crippen molar-refractivity contribution in [2.24, 2.45) is 11.1 Å². The van der Waals surface area contributed by atoms with Crippen LogP contribution in [0.15, 0.2) is 0 Å². The van der Waals surface area contributed by atoms with Gasteiger partial charge in [0, 0.05) is 13.1 Å². The van der Waals surface area contributed by atoms with Gasteiger partial charge in [0.2, 0.25) is 5.91 Å². The number of carboxylic acids is 1. The zero-order valence-corrected chi connectivity index (χ0v) is 11.2. The summed E-state index contributed by atoms with van der Waals surface area (Å²) >= 11 is 0. The Morgan fingerprint density at radius 3 is 2.17 bits per heavy atom. The van der Waals surface area contributed by atoms with Gasteiger partial charge in [0.05, 0.1) is 6.42 Å². The summed E-state index contributed by atoms with van der Waals surface area (Å²) in [5, 5.41) is 11.4. The molecule has 0 aromatic carbocycles. The highest BCUT2D eigenvalue weighted by atomic mass is 16.4. The van der Waals surface area contributed by atoms with Crippen LogP contribution in [0.5, 0.6) is 0 Å². The van der Waals surface area contributed by atoms with Crippen LogP contribution in [0.2, 0.25) is 0 Å². The van der Waals surface area contributed by atoms with Gasteiger partial charge in [-0.25, -0.2) is 4.79 Å². The number of hydrogen-bond acceptors (Lipinski definition) is 3. The first-order chi connectivity index (χ1) is 8.04. The second-order valence-corrected chi connectivity index (χ2v) is 5.29. The summed E-state index contributed by atoms with van der Waals surface area (Å²) < 4.78 is 0. The second kappa shape index (κ2) is 6.23. The molecule has 104 valence electrons. The minimum absolute atomic E-state index is 0.181. The van der Waals surface area contributed by atoms with E-state index >= 15 is 0 Å². The molecule has 0 aliphatic carbocycles. The number of urea groups is 1. The number of carbonyl (C=O) groups is 3. The molecule has 1 atom stereocenters. The van der Waals surface area contributed by atoms with Crippen molar-refractivity contribution in [2.45, 2.75) is 33.2 Å². The van der Waals surface area contributed by atoms with Crippen LogP contribution in [0.3, 0.4) is 0 Å². The van der Waals surface area contributed by atoms with E-state index in [0.717, 1.165) is 4.90 Å². The van der Waals surface area contributed by atoms with Crippen LogP contribution >= 0.6 is 0 Å². The van der Waals surface area contributed by atoms with Gasteiger partial charge in [0.25, 0.3) is 0 Å². The normalized spacial score (nSPS) is 12.7. The lowest BCUT2D eigenvalue weighted by molar-refractivity contribution is -0.138. The van der Waals surface area contributed by atoms with E-state index in [1.54, 1.807) is 0 Å². The van der Waals surface area contributed by atoms with Crippen molar-refractivity contribution in [3.05, 3.63) is 0 Å². The monoisotopic (exact) mass is 259 g/mol. The van der Waals surface area contributed by atoms with E-state index in [1.165, 1.54) is 7.05 Å². The van der Waals surface area contributed by atoms with Gasteiger partial charge in [-0.1, -0.05) is 20.8 Å².